The number of hydrogen-bond donors (Lipinski definition) is 1. The minimum atomic E-state index is -3.65. The number of rotatable bonds is 9. The molecule has 0 unspecified atom stereocenters. The Morgan fingerprint density at radius 3 is 2.56 bits per heavy atom. The van der Waals surface area contributed by atoms with Crippen LogP contribution in [0.1, 0.15) is 0 Å². The maximum Gasteiger partial charge on any atom is 0.244 e. The highest BCUT2D eigenvalue weighted by Crippen LogP contribution is 2.33. The third kappa shape index (κ3) is 5.80. The molecular weight excluding hydrogens is 581 g/mol. The van der Waals surface area contributed by atoms with E-state index in [0.29, 0.717) is 30.5 Å². The maximum atomic E-state index is 12.8. The number of nitrogens with zero attached hydrogens (tertiary/aromatic N) is 4. The second kappa shape index (κ2) is 9.93. The van der Waals surface area contributed by atoms with Gasteiger partial charge < -0.3 is 14.6 Å². The average molecular weight is 608 g/mol. The van der Waals surface area contributed by atoms with E-state index < -0.39 is 18.1 Å². The second-order valence-electron chi connectivity index (χ2n) is 8.74. The third-order valence-electron chi connectivity index (χ3n) is 4.77. The first-order valence-electron chi connectivity index (χ1n) is 9.98. The van der Waals surface area contributed by atoms with Crippen molar-refractivity contribution in [3.05, 3.63) is 39.3 Å². The van der Waals surface area contributed by atoms with Crippen LogP contribution in [0, 0.1) is 3.57 Å². The zero-order valence-electron chi connectivity index (χ0n) is 18.7. The van der Waals surface area contributed by atoms with Crippen molar-refractivity contribution < 1.29 is 13.2 Å². The van der Waals surface area contributed by atoms with Gasteiger partial charge in [-0.05, 0) is 52.4 Å². The van der Waals surface area contributed by atoms with E-state index in [1.165, 1.54) is 18.4 Å². The average Bonchev–Trinajstić information content (AvgIpc) is 3.00. The summed E-state index contributed by atoms with van der Waals surface area (Å²) in [7, 11) is -1.84. The molecule has 0 saturated heterocycles. The summed E-state index contributed by atoms with van der Waals surface area (Å²) in [4.78, 5) is 8.90. The first-order chi connectivity index (χ1) is 14.9. The fourth-order valence-corrected chi connectivity index (χ4v) is 5.76. The molecule has 1 N–H and O–H groups in total. The van der Waals surface area contributed by atoms with E-state index in [0.717, 1.165) is 15.0 Å². The fraction of sp³-hybridized carbons (Fsp3) is 0.400. The van der Waals surface area contributed by atoms with Gasteiger partial charge in [-0.15, -0.1) is 0 Å². The first kappa shape index (κ1) is 25.4. The smallest absolute Gasteiger partial charge is 0.244 e. The topological polar surface area (TPSA) is 89.4 Å². The van der Waals surface area contributed by atoms with Gasteiger partial charge in [-0.25, -0.2) is 12.7 Å². The van der Waals surface area contributed by atoms with Crippen LogP contribution in [0.4, 0.5) is 11.5 Å². The zero-order valence-corrected chi connectivity index (χ0v) is 23.4. The quantitative estimate of drug-likeness (QED) is 0.160. The lowest BCUT2D eigenvalue weighted by molar-refractivity contribution is 0.0898. The molecule has 0 fully saturated rings. The molecule has 2 aromatic heterocycles. The van der Waals surface area contributed by atoms with Crippen molar-refractivity contribution in [1.29, 1.82) is 0 Å². The third-order valence-corrected chi connectivity index (χ3v) is 9.33. The number of para-hydroxylation sites is 1. The van der Waals surface area contributed by atoms with E-state index >= 15 is 0 Å². The van der Waals surface area contributed by atoms with Gasteiger partial charge in [-0.1, -0.05) is 31.8 Å². The molecule has 0 amide bonds. The standard InChI is InChI=1S/C20H27ClIN5O3SSi/c1-26(2)31(28,29)16-9-7-6-8-15(16)23-18-17-14(22)12-27(19(17)25-20(21)24-18)13-30-10-11-32(3,4)5/h6-9,12H,10-11,13H2,1-5H3,(H,23,24,25). The molecule has 0 bridgehead atoms. The lowest BCUT2D eigenvalue weighted by Gasteiger charge is -2.16. The first-order valence-corrected chi connectivity index (χ1v) is 16.6. The van der Waals surface area contributed by atoms with Crippen LogP contribution in [0.15, 0.2) is 35.4 Å². The van der Waals surface area contributed by atoms with Crippen LogP contribution in [0.2, 0.25) is 31.0 Å². The second-order valence-corrected chi connectivity index (χ2v) is 18.0. The Kier molecular flexibility index (Phi) is 7.88. The Balaban J connectivity index is 1.97. The lowest BCUT2D eigenvalue weighted by atomic mass is 10.3. The Morgan fingerprint density at radius 1 is 1.22 bits per heavy atom. The summed E-state index contributed by atoms with van der Waals surface area (Å²) in [6.07, 6.45) is 1.93. The van der Waals surface area contributed by atoms with Gasteiger partial charge in [0.05, 0.1) is 11.1 Å². The highest BCUT2D eigenvalue weighted by molar-refractivity contribution is 14.1. The molecule has 32 heavy (non-hydrogen) atoms. The SMILES string of the molecule is CN(C)S(=O)(=O)c1ccccc1Nc1nc(Cl)nc2c1c(I)cn2COCC[Si](C)(C)C. The van der Waals surface area contributed by atoms with Crippen LogP contribution in [0.5, 0.6) is 0 Å². The number of sulfonamides is 1. The normalized spacial score (nSPS) is 12.6. The Hall–Kier alpha value is -1.25. The molecule has 2 heterocycles. The molecule has 174 valence electrons. The fourth-order valence-electron chi connectivity index (χ4n) is 2.96. The van der Waals surface area contributed by atoms with Gasteiger partial charge in [-0.3, -0.25) is 0 Å². The van der Waals surface area contributed by atoms with Gasteiger partial charge in [0.15, 0.2) is 0 Å². The van der Waals surface area contributed by atoms with Gasteiger partial charge in [0.2, 0.25) is 15.3 Å². The van der Waals surface area contributed by atoms with Gasteiger partial charge >= 0.3 is 0 Å². The van der Waals surface area contributed by atoms with Crippen molar-refractivity contribution in [2.24, 2.45) is 0 Å². The predicted molar refractivity (Wildman–Crippen MR) is 140 cm³/mol. The van der Waals surface area contributed by atoms with Crippen LogP contribution >= 0.6 is 34.2 Å². The molecule has 3 aromatic rings. The summed E-state index contributed by atoms with van der Waals surface area (Å²) < 4.78 is 35.4. The number of ether oxygens (including phenoxy) is 1. The maximum absolute atomic E-state index is 12.8. The number of aromatic nitrogens is 3. The Bertz CT molecular complexity index is 1230. The van der Waals surface area contributed by atoms with Gasteiger partial charge in [0.25, 0.3) is 0 Å². The number of benzene rings is 1. The minimum Gasteiger partial charge on any atom is -0.361 e. The van der Waals surface area contributed by atoms with Crippen LogP contribution in [0.25, 0.3) is 11.0 Å². The molecule has 0 radical (unpaired) electrons. The number of anilines is 2. The predicted octanol–water partition coefficient (Wildman–Crippen LogP) is 5.00. The van der Waals surface area contributed by atoms with Crippen molar-refractivity contribution >= 4 is 74.8 Å². The van der Waals surface area contributed by atoms with E-state index in [4.69, 9.17) is 16.3 Å². The Labute approximate surface area is 208 Å². The van der Waals surface area contributed by atoms with Crippen LogP contribution in [-0.2, 0) is 21.5 Å². The number of nitrogens with one attached hydrogen (secondary N) is 1. The highest BCUT2D eigenvalue weighted by Gasteiger charge is 2.23. The van der Waals surface area contributed by atoms with Crippen molar-refractivity contribution in [3.8, 4) is 0 Å². The lowest BCUT2D eigenvalue weighted by Crippen LogP contribution is -2.23. The van der Waals surface area contributed by atoms with E-state index in [1.807, 2.05) is 10.8 Å². The minimum absolute atomic E-state index is 0.0609. The van der Waals surface area contributed by atoms with E-state index in [9.17, 15) is 8.42 Å². The van der Waals surface area contributed by atoms with Gasteiger partial charge in [0, 0.05) is 38.5 Å². The number of fused-ring (bicyclic) bond motifs is 1. The van der Waals surface area contributed by atoms with Crippen LogP contribution in [0.3, 0.4) is 0 Å². The molecule has 1 aromatic carbocycles. The molecule has 0 spiro atoms. The molecule has 0 atom stereocenters. The summed E-state index contributed by atoms with van der Waals surface area (Å²) >= 11 is 8.44. The molecule has 0 saturated carbocycles. The summed E-state index contributed by atoms with van der Waals surface area (Å²) in [6.45, 7) is 7.96. The molecule has 8 nitrogen and oxygen atoms in total. The molecule has 0 aliphatic carbocycles. The Morgan fingerprint density at radius 2 is 1.91 bits per heavy atom. The van der Waals surface area contributed by atoms with E-state index in [2.05, 4.69) is 57.5 Å². The van der Waals surface area contributed by atoms with Crippen molar-refractivity contribution in [2.45, 2.75) is 37.3 Å². The monoisotopic (exact) mass is 607 g/mol. The number of halogens is 2. The van der Waals surface area contributed by atoms with Gasteiger partial charge in [0.1, 0.15) is 23.1 Å². The molecule has 12 heteroatoms. The summed E-state index contributed by atoms with van der Waals surface area (Å²) in [5.74, 6) is 0.437. The molecule has 0 aliphatic rings. The molecule has 0 aliphatic heterocycles. The largest absolute Gasteiger partial charge is 0.361 e. The van der Waals surface area contributed by atoms with Gasteiger partial charge in [-0.2, -0.15) is 9.97 Å². The van der Waals surface area contributed by atoms with Crippen molar-refractivity contribution in [1.82, 2.24) is 18.8 Å². The van der Waals surface area contributed by atoms with E-state index in [1.54, 1.807) is 24.3 Å². The highest BCUT2D eigenvalue weighted by atomic mass is 127. The summed E-state index contributed by atoms with van der Waals surface area (Å²) in [5, 5.41) is 3.98. The zero-order chi connectivity index (χ0) is 23.7. The van der Waals surface area contributed by atoms with Crippen molar-refractivity contribution in [2.75, 3.05) is 26.0 Å². The van der Waals surface area contributed by atoms with E-state index in [-0.39, 0.29) is 10.2 Å². The van der Waals surface area contributed by atoms with Crippen LogP contribution < -0.4 is 5.32 Å². The summed E-state index contributed by atoms with van der Waals surface area (Å²) in [5.41, 5.74) is 1.03. The van der Waals surface area contributed by atoms with Crippen LogP contribution in [-0.4, -0.2) is 56.0 Å². The molecule has 3 rings (SSSR count). The summed E-state index contributed by atoms with van der Waals surface area (Å²) in [6, 6.07) is 7.77. The molecular formula is C20H27ClIN5O3SSi. The van der Waals surface area contributed by atoms with Crippen molar-refractivity contribution in [3.63, 3.8) is 0 Å². The number of hydrogen-bond acceptors (Lipinski definition) is 6.